The molecule has 0 amide bonds. The van der Waals surface area contributed by atoms with Crippen LogP contribution in [0.2, 0.25) is 0 Å². The fourth-order valence-electron chi connectivity index (χ4n) is 1.60. The van der Waals surface area contributed by atoms with Crippen LogP contribution in [0.15, 0.2) is 4.42 Å². The van der Waals surface area contributed by atoms with E-state index in [1.54, 1.807) is 0 Å². The summed E-state index contributed by atoms with van der Waals surface area (Å²) in [5.41, 5.74) is -0.262. The monoisotopic (exact) mass is 247 g/mol. The number of rotatable bonds is 2. The summed E-state index contributed by atoms with van der Waals surface area (Å²) < 4.78 is 27.0. The van der Waals surface area contributed by atoms with E-state index in [0.717, 1.165) is 0 Å². The first-order chi connectivity index (χ1) is 7.32. The van der Waals surface area contributed by atoms with Crippen molar-refractivity contribution in [2.75, 3.05) is 0 Å². The molecule has 1 N–H and O–H groups in total. The molecule has 0 radical (unpaired) electrons. The zero-order valence-corrected chi connectivity index (χ0v) is 8.48. The Labute approximate surface area is 88.5 Å². The molecule has 0 saturated heterocycles. The van der Waals surface area contributed by atoms with Crippen molar-refractivity contribution in [2.45, 2.75) is 11.5 Å². The van der Waals surface area contributed by atoms with Gasteiger partial charge < -0.3 is 9.52 Å². The molecule has 1 aromatic heterocycles. The highest BCUT2D eigenvalue weighted by Gasteiger charge is 2.40. The van der Waals surface area contributed by atoms with Gasteiger partial charge in [-0.1, -0.05) is 0 Å². The van der Waals surface area contributed by atoms with Gasteiger partial charge in [0, 0.05) is 5.56 Å². The summed E-state index contributed by atoms with van der Waals surface area (Å²) in [5, 5.41) is 19.2. The van der Waals surface area contributed by atoms with Gasteiger partial charge in [-0.25, -0.2) is 13.2 Å². The Kier molecular flexibility index (Phi) is 2.02. The lowest BCUT2D eigenvalue weighted by Gasteiger charge is -1.92. The minimum absolute atomic E-state index is 0.112. The molecular formula is C7H5NO7S. The average Bonchev–Trinajstić information content (AvgIpc) is 2.56. The molecule has 1 aromatic rings. The van der Waals surface area contributed by atoms with E-state index >= 15 is 0 Å². The molecule has 2 heterocycles. The molecule has 0 bridgehead atoms. The van der Waals surface area contributed by atoms with E-state index in [4.69, 9.17) is 5.11 Å². The number of sulfone groups is 1. The molecule has 0 unspecified atom stereocenters. The van der Waals surface area contributed by atoms with Gasteiger partial charge in [-0.05, 0) is 0 Å². The quantitative estimate of drug-likeness (QED) is 0.588. The number of fused-ring (bicyclic) bond motifs is 1. The zero-order valence-electron chi connectivity index (χ0n) is 7.67. The van der Waals surface area contributed by atoms with Crippen molar-refractivity contribution in [3.63, 3.8) is 0 Å². The Balaban J connectivity index is 2.68. The van der Waals surface area contributed by atoms with Crippen molar-refractivity contribution in [1.82, 2.24) is 0 Å². The van der Waals surface area contributed by atoms with Crippen LogP contribution in [0.3, 0.4) is 0 Å². The summed E-state index contributed by atoms with van der Waals surface area (Å²) in [6, 6.07) is 0. The average molecular weight is 247 g/mol. The molecule has 1 aliphatic heterocycles. The third-order valence-electron chi connectivity index (χ3n) is 2.18. The first-order valence-corrected chi connectivity index (χ1v) is 5.86. The highest BCUT2D eigenvalue weighted by Crippen LogP contribution is 2.37. The highest BCUT2D eigenvalue weighted by molar-refractivity contribution is 7.90. The molecule has 0 aliphatic carbocycles. The first kappa shape index (κ1) is 10.6. The Hall–Kier alpha value is -1.90. The molecule has 0 spiro atoms. The molecule has 0 fully saturated rings. The number of nitrogens with zero attached hydrogens (tertiary/aromatic N) is 1. The molecule has 86 valence electrons. The fraction of sp³-hybridized carbons (Fsp3) is 0.286. The summed E-state index contributed by atoms with van der Waals surface area (Å²) in [5.74, 6) is -4.05. The van der Waals surface area contributed by atoms with E-state index < -0.39 is 43.9 Å². The van der Waals surface area contributed by atoms with E-state index in [2.05, 4.69) is 4.42 Å². The molecule has 0 aromatic carbocycles. The summed E-state index contributed by atoms with van der Waals surface area (Å²) in [6.45, 7) is 0. The third kappa shape index (κ3) is 1.45. The number of aromatic carboxylic acids is 1. The maximum Gasteiger partial charge on any atom is 0.438 e. The van der Waals surface area contributed by atoms with Crippen LogP contribution in [0.4, 0.5) is 5.88 Å². The number of carboxylic acids is 1. The van der Waals surface area contributed by atoms with Gasteiger partial charge in [0.25, 0.3) is 0 Å². The summed E-state index contributed by atoms with van der Waals surface area (Å²) in [7, 11) is -3.50. The number of hydrogen-bond acceptors (Lipinski definition) is 6. The van der Waals surface area contributed by atoms with E-state index in [1.807, 2.05) is 0 Å². The Morgan fingerprint density at radius 1 is 1.38 bits per heavy atom. The molecule has 0 saturated carbocycles. The number of furan rings is 1. The normalized spacial score (nSPS) is 17.0. The molecule has 2 rings (SSSR count). The van der Waals surface area contributed by atoms with Crippen molar-refractivity contribution in [2.24, 2.45) is 0 Å². The number of carbonyl (C=O) groups is 1. The fourth-order valence-corrected chi connectivity index (χ4v) is 3.18. The van der Waals surface area contributed by atoms with Gasteiger partial charge in [-0.2, -0.15) is 0 Å². The van der Waals surface area contributed by atoms with Crippen LogP contribution in [0.5, 0.6) is 0 Å². The second kappa shape index (κ2) is 3.04. The summed E-state index contributed by atoms with van der Waals surface area (Å²) in [4.78, 5) is 20.3. The SMILES string of the molecule is O=C(O)c1oc([N+](=O)[O-])c2c1CS(=O)(=O)C2. The maximum absolute atomic E-state index is 11.2. The van der Waals surface area contributed by atoms with Crippen LogP contribution in [0.25, 0.3) is 0 Å². The number of carboxylic acid groups (broad SMARTS) is 1. The lowest BCUT2D eigenvalue weighted by atomic mass is 10.2. The smallest absolute Gasteiger partial charge is 0.438 e. The Morgan fingerprint density at radius 3 is 2.44 bits per heavy atom. The van der Waals surface area contributed by atoms with Crippen molar-refractivity contribution < 1.29 is 27.7 Å². The van der Waals surface area contributed by atoms with E-state index in [-0.39, 0.29) is 11.1 Å². The standard InChI is InChI=1S/C7H5NO7S/c9-7(10)5-3-1-16(13,14)2-4(3)6(15-5)8(11)12/h1-2H2,(H,9,10). The van der Waals surface area contributed by atoms with E-state index in [1.165, 1.54) is 0 Å². The molecule has 9 heteroatoms. The van der Waals surface area contributed by atoms with E-state index in [0.29, 0.717) is 0 Å². The second-order valence-corrected chi connectivity index (χ2v) is 5.35. The first-order valence-electron chi connectivity index (χ1n) is 4.04. The van der Waals surface area contributed by atoms with Crippen LogP contribution in [-0.2, 0) is 21.3 Å². The van der Waals surface area contributed by atoms with Crippen LogP contribution >= 0.6 is 0 Å². The lowest BCUT2D eigenvalue weighted by Crippen LogP contribution is -2.02. The summed E-state index contributed by atoms with van der Waals surface area (Å²) in [6.07, 6.45) is 0. The second-order valence-electron chi connectivity index (χ2n) is 3.29. The van der Waals surface area contributed by atoms with Gasteiger partial charge in [-0.15, -0.1) is 0 Å². The highest BCUT2D eigenvalue weighted by atomic mass is 32.2. The van der Waals surface area contributed by atoms with Crippen LogP contribution < -0.4 is 0 Å². The van der Waals surface area contributed by atoms with Gasteiger partial charge in [0.05, 0.1) is 17.1 Å². The topological polar surface area (TPSA) is 128 Å². The predicted molar refractivity (Wildman–Crippen MR) is 48.6 cm³/mol. The van der Waals surface area contributed by atoms with Crippen molar-refractivity contribution in [3.8, 4) is 0 Å². The largest absolute Gasteiger partial charge is 0.475 e. The zero-order chi connectivity index (χ0) is 12.1. The van der Waals surface area contributed by atoms with Gasteiger partial charge in [0.15, 0.2) is 9.84 Å². The molecule has 16 heavy (non-hydrogen) atoms. The van der Waals surface area contributed by atoms with Gasteiger partial charge in [-0.3, -0.25) is 10.1 Å². The summed E-state index contributed by atoms with van der Waals surface area (Å²) >= 11 is 0. The predicted octanol–water partition coefficient (Wildman–Crippen LogP) is 0.314. The maximum atomic E-state index is 11.2. The Bertz CT molecular complexity index is 552. The molecule has 0 atom stereocenters. The van der Waals surface area contributed by atoms with Crippen molar-refractivity contribution in [1.29, 1.82) is 0 Å². The number of hydrogen-bond donors (Lipinski definition) is 1. The van der Waals surface area contributed by atoms with Crippen molar-refractivity contribution in [3.05, 3.63) is 27.0 Å². The molecular weight excluding hydrogens is 242 g/mol. The van der Waals surface area contributed by atoms with Crippen LogP contribution in [0, 0.1) is 10.1 Å². The molecule has 1 aliphatic rings. The minimum atomic E-state index is -3.50. The molecule has 8 nitrogen and oxygen atoms in total. The lowest BCUT2D eigenvalue weighted by molar-refractivity contribution is -0.402. The Morgan fingerprint density at radius 2 is 1.94 bits per heavy atom. The van der Waals surface area contributed by atoms with Gasteiger partial charge in [0.1, 0.15) is 4.92 Å². The van der Waals surface area contributed by atoms with E-state index in [9.17, 15) is 23.3 Å². The van der Waals surface area contributed by atoms with Crippen LogP contribution in [0.1, 0.15) is 21.7 Å². The van der Waals surface area contributed by atoms with Gasteiger partial charge >= 0.3 is 11.9 Å². The van der Waals surface area contributed by atoms with Crippen LogP contribution in [-0.4, -0.2) is 24.4 Å². The third-order valence-corrected chi connectivity index (χ3v) is 3.64. The minimum Gasteiger partial charge on any atom is -0.475 e. The number of nitro groups is 1. The van der Waals surface area contributed by atoms with Gasteiger partial charge in [0.2, 0.25) is 5.76 Å². The van der Waals surface area contributed by atoms with Crippen molar-refractivity contribution >= 4 is 21.7 Å².